The fraction of sp³-hybridized carbons (Fsp3) is 0.500. The molecule has 1 aliphatic rings. The van der Waals surface area contributed by atoms with Crippen molar-refractivity contribution in [3.8, 4) is 0 Å². The van der Waals surface area contributed by atoms with Crippen LogP contribution in [0, 0.1) is 6.92 Å². The van der Waals surface area contributed by atoms with E-state index >= 15 is 0 Å². The fourth-order valence-electron chi connectivity index (χ4n) is 2.91. The number of carbonyl (C=O) groups is 3. The van der Waals surface area contributed by atoms with Gasteiger partial charge >= 0.3 is 5.97 Å². The Morgan fingerprint density at radius 2 is 2.00 bits per heavy atom. The summed E-state index contributed by atoms with van der Waals surface area (Å²) in [4.78, 5) is 37.4. The Bertz CT molecular complexity index is 612. The highest BCUT2D eigenvalue weighted by atomic mass is 16.4. The van der Waals surface area contributed by atoms with Crippen LogP contribution in [0.4, 0.5) is 0 Å². The maximum Gasteiger partial charge on any atom is 0.326 e. The molecule has 0 spiro atoms. The molecule has 24 heavy (non-hydrogen) atoms. The van der Waals surface area contributed by atoms with Gasteiger partial charge in [-0.2, -0.15) is 0 Å². The zero-order valence-corrected chi connectivity index (χ0v) is 14.1. The number of amides is 2. The van der Waals surface area contributed by atoms with Crippen molar-refractivity contribution in [2.24, 2.45) is 0 Å². The first-order valence-corrected chi connectivity index (χ1v) is 8.30. The Morgan fingerprint density at radius 1 is 1.33 bits per heavy atom. The van der Waals surface area contributed by atoms with Gasteiger partial charge in [-0.05, 0) is 25.3 Å². The zero-order chi connectivity index (χ0) is 17.7. The molecule has 0 aromatic heterocycles. The summed E-state index contributed by atoms with van der Waals surface area (Å²) >= 11 is 0. The van der Waals surface area contributed by atoms with Crippen LogP contribution in [0.3, 0.4) is 0 Å². The van der Waals surface area contributed by atoms with E-state index < -0.39 is 18.1 Å². The molecule has 0 unspecified atom stereocenters. The van der Waals surface area contributed by atoms with Crippen molar-refractivity contribution < 1.29 is 19.5 Å². The van der Waals surface area contributed by atoms with E-state index in [2.05, 4.69) is 5.32 Å². The number of carboxylic acid groups (broad SMARTS) is 1. The van der Waals surface area contributed by atoms with Crippen LogP contribution in [0.15, 0.2) is 24.3 Å². The van der Waals surface area contributed by atoms with Gasteiger partial charge in [-0.15, -0.1) is 0 Å². The monoisotopic (exact) mass is 332 g/mol. The van der Waals surface area contributed by atoms with Crippen LogP contribution in [0.2, 0.25) is 0 Å². The summed E-state index contributed by atoms with van der Waals surface area (Å²) in [6.07, 6.45) is 1.78. The summed E-state index contributed by atoms with van der Waals surface area (Å²) in [7, 11) is 0. The highest BCUT2D eigenvalue weighted by Gasteiger charge is 2.37. The summed E-state index contributed by atoms with van der Waals surface area (Å²) in [6.45, 7) is 4.22. The number of rotatable bonds is 7. The largest absolute Gasteiger partial charge is 0.480 e. The minimum atomic E-state index is -1.04. The smallest absolute Gasteiger partial charge is 0.326 e. The predicted molar refractivity (Wildman–Crippen MR) is 89.2 cm³/mol. The van der Waals surface area contributed by atoms with Gasteiger partial charge in [-0.1, -0.05) is 43.2 Å². The minimum Gasteiger partial charge on any atom is -0.480 e. The predicted octanol–water partition coefficient (Wildman–Crippen LogP) is 1.86. The summed E-state index contributed by atoms with van der Waals surface area (Å²) in [6, 6.07) is 6.30. The quantitative estimate of drug-likeness (QED) is 0.798. The van der Waals surface area contributed by atoms with Gasteiger partial charge in [0.25, 0.3) is 0 Å². The standard InChI is InChI=1S/C18H24N2O4/c1-3-4-14(18(23)24)19-17(22)15-9-10-16(21)20(15)11-13-7-5-12(2)6-8-13/h5-8,14-15H,3-4,9-11H2,1-2H3,(H,19,22)(H,23,24)/t14-,15-/m1/s1. The Balaban J connectivity index is 2.07. The van der Waals surface area contributed by atoms with Crippen LogP contribution in [0.5, 0.6) is 0 Å². The maximum absolute atomic E-state index is 12.5. The zero-order valence-electron chi connectivity index (χ0n) is 14.1. The number of aryl methyl sites for hydroxylation is 1. The average molecular weight is 332 g/mol. The molecule has 0 bridgehead atoms. The first-order chi connectivity index (χ1) is 11.4. The molecule has 1 saturated heterocycles. The third-order valence-electron chi connectivity index (χ3n) is 4.30. The average Bonchev–Trinajstić information content (AvgIpc) is 2.90. The Morgan fingerprint density at radius 3 is 2.58 bits per heavy atom. The number of nitrogens with zero attached hydrogens (tertiary/aromatic N) is 1. The van der Waals surface area contributed by atoms with Crippen LogP contribution < -0.4 is 5.32 Å². The van der Waals surface area contributed by atoms with Gasteiger partial charge in [-0.25, -0.2) is 4.79 Å². The highest BCUT2D eigenvalue weighted by Crippen LogP contribution is 2.22. The second-order valence-electron chi connectivity index (χ2n) is 6.25. The van der Waals surface area contributed by atoms with E-state index in [1.807, 2.05) is 38.1 Å². The maximum atomic E-state index is 12.5. The highest BCUT2D eigenvalue weighted by molar-refractivity contribution is 5.92. The van der Waals surface area contributed by atoms with E-state index in [0.717, 1.165) is 11.1 Å². The molecule has 1 fully saturated rings. The summed E-state index contributed by atoms with van der Waals surface area (Å²) < 4.78 is 0. The molecule has 1 aliphatic heterocycles. The molecule has 0 saturated carbocycles. The molecular formula is C18H24N2O4. The van der Waals surface area contributed by atoms with Crippen molar-refractivity contribution in [3.63, 3.8) is 0 Å². The van der Waals surface area contributed by atoms with Crippen LogP contribution in [0.1, 0.15) is 43.7 Å². The second kappa shape index (κ2) is 7.95. The first-order valence-electron chi connectivity index (χ1n) is 8.30. The molecule has 6 nitrogen and oxygen atoms in total. The van der Waals surface area contributed by atoms with E-state index in [1.165, 1.54) is 0 Å². The van der Waals surface area contributed by atoms with E-state index in [0.29, 0.717) is 32.2 Å². The second-order valence-corrected chi connectivity index (χ2v) is 6.25. The van der Waals surface area contributed by atoms with Crippen molar-refractivity contribution in [2.45, 2.75) is 58.2 Å². The normalized spacial score (nSPS) is 18.5. The van der Waals surface area contributed by atoms with Gasteiger partial charge in [0.2, 0.25) is 11.8 Å². The molecular weight excluding hydrogens is 308 g/mol. The first kappa shape index (κ1) is 18.0. The summed E-state index contributed by atoms with van der Waals surface area (Å²) in [5.41, 5.74) is 2.08. The molecule has 0 radical (unpaired) electrons. The van der Waals surface area contributed by atoms with E-state index in [9.17, 15) is 19.5 Å². The van der Waals surface area contributed by atoms with Crippen molar-refractivity contribution in [1.29, 1.82) is 0 Å². The number of hydrogen-bond donors (Lipinski definition) is 2. The number of aliphatic carboxylic acids is 1. The third kappa shape index (κ3) is 4.34. The van der Waals surface area contributed by atoms with Crippen molar-refractivity contribution in [1.82, 2.24) is 10.2 Å². The molecule has 6 heteroatoms. The van der Waals surface area contributed by atoms with Crippen LogP contribution in [0.25, 0.3) is 0 Å². The number of carboxylic acids is 1. The molecule has 130 valence electrons. The van der Waals surface area contributed by atoms with E-state index in [-0.39, 0.29) is 11.8 Å². The molecule has 1 aromatic carbocycles. The van der Waals surface area contributed by atoms with Crippen molar-refractivity contribution >= 4 is 17.8 Å². The lowest BCUT2D eigenvalue weighted by molar-refractivity contribution is -0.143. The Hall–Kier alpha value is -2.37. The number of nitrogens with one attached hydrogen (secondary N) is 1. The molecule has 1 aromatic rings. The van der Waals surface area contributed by atoms with Crippen LogP contribution in [-0.4, -0.2) is 39.9 Å². The topological polar surface area (TPSA) is 86.7 Å². The number of likely N-dealkylation sites (tertiary alicyclic amines) is 1. The lowest BCUT2D eigenvalue weighted by atomic mass is 10.1. The third-order valence-corrected chi connectivity index (χ3v) is 4.30. The molecule has 2 N–H and O–H groups in total. The van der Waals surface area contributed by atoms with Crippen molar-refractivity contribution in [2.75, 3.05) is 0 Å². The number of benzene rings is 1. The SMILES string of the molecule is CCC[C@@H](NC(=O)[C@H]1CCC(=O)N1Cc1ccc(C)cc1)C(=O)O. The number of carbonyl (C=O) groups excluding carboxylic acids is 2. The van der Waals surface area contributed by atoms with Gasteiger partial charge in [0.1, 0.15) is 12.1 Å². The van der Waals surface area contributed by atoms with Gasteiger partial charge < -0.3 is 15.3 Å². The van der Waals surface area contributed by atoms with Crippen molar-refractivity contribution in [3.05, 3.63) is 35.4 Å². The summed E-state index contributed by atoms with van der Waals surface area (Å²) in [5, 5.41) is 11.8. The van der Waals surface area contributed by atoms with Crippen LogP contribution in [-0.2, 0) is 20.9 Å². The van der Waals surface area contributed by atoms with Gasteiger partial charge in [0, 0.05) is 13.0 Å². The molecule has 1 heterocycles. The Labute approximate surface area is 141 Å². The van der Waals surface area contributed by atoms with E-state index in [4.69, 9.17) is 0 Å². The lowest BCUT2D eigenvalue weighted by Gasteiger charge is -2.25. The molecule has 2 rings (SSSR count). The lowest BCUT2D eigenvalue weighted by Crippen LogP contribution is -2.49. The van der Waals surface area contributed by atoms with E-state index in [1.54, 1.807) is 4.90 Å². The van der Waals surface area contributed by atoms with Gasteiger partial charge in [0.15, 0.2) is 0 Å². The van der Waals surface area contributed by atoms with Gasteiger partial charge in [0.05, 0.1) is 0 Å². The summed E-state index contributed by atoms with van der Waals surface area (Å²) in [5.74, 6) is -1.49. The number of hydrogen-bond acceptors (Lipinski definition) is 3. The fourth-order valence-corrected chi connectivity index (χ4v) is 2.91. The molecule has 2 atom stereocenters. The van der Waals surface area contributed by atoms with Gasteiger partial charge in [-0.3, -0.25) is 9.59 Å². The molecule has 2 amide bonds. The Kier molecular flexibility index (Phi) is 5.95. The van der Waals surface area contributed by atoms with Crippen LogP contribution >= 0.6 is 0 Å². The molecule has 0 aliphatic carbocycles. The minimum absolute atomic E-state index is 0.0712.